The third-order valence-corrected chi connectivity index (χ3v) is 5.40. The third-order valence-electron chi connectivity index (χ3n) is 3.45. The number of nitrogen functional groups attached to an aromatic ring is 1. The van der Waals surface area contributed by atoms with E-state index in [0.29, 0.717) is 24.6 Å². The Labute approximate surface area is 119 Å². The largest absolute Gasteiger partial charge is 0.493 e. The Balaban J connectivity index is 2.45. The van der Waals surface area contributed by atoms with Crippen molar-refractivity contribution in [1.82, 2.24) is 4.31 Å². The molecule has 112 valence electrons. The lowest BCUT2D eigenvalue weighted by molar-refractivity contribution is 0.344. The summed E-state index contributed by atoms with van der Waals surface area (Å²) in [7, 11) is -0.632. The standard InChI is InChI=1S/C13H20N2O4S/c1-18-11-8-10(14)13(9-12(11)19-2)20(16,17)15-6-4-3-5-7-15/h8-9H,3-7,14H2,1-2H3. The van der Waals surface area contributed by atoms with Crippen LogP contribution in [0.1, 0.15) is 19.3 Å². The van der Waals surface area contributed by atoms with E-state index in [1.807, 2.05) is 0 Å². The molecule has 1 saturated heterocycles. The Morgan fingerprint density at radius 2 is 1.60 bits per heavy atom. The van der Waals surface area contributed by atoms with Gasteiger partial charge in [0.05, 0.1) is 19.9 Å². The quantitative estimate of drug-likeness (QED) is 0.851. The third kappa shape index (κ3) is 2.69. The van der Waals surface area contributed by atoms with Crippen molar-refractivity contribution in [2.75, 3.05) is 33.0 Å². The van der Waals surface area contributed by atoms with Crippen molar-refractivity contribution in [2.45, 2.75) is 24.2 Å². The highest BCUT2D eigenvalue weighted by molar-refractivity contribution is 7.89. The minimum atomic E-state index is -3.58. The molecule has 0 spiro atoms. The van der Waals surface area contributed by atoms with Crippen molar-refractivity contribution < 1.29 is 17.9 Å². The lowest BCUT2D eigenvalue weighted by atomic mass is 10.2. The van der Waals surface area contributed by atoms with Crippen molar-refractivity contribution in [3.05, 3.63) is 12.1 Å². The molecule has 0 aliphatic carbocycles. The molecule has 7 heteroatoms. The summed E-state index contributed by atoms with van der Waals surface area (Å²) in [5.41, 5.74) is 6.05. The summed E-state index contributed by atoms with van der Waals surface area (Å²) in [5.74, 6) is 0.778. The number of hydrogen-bond donors (Lipinski definition) is 1. The lowest BCUT2D eigenvalue weighted by Gasteiger charge is -2.26. The molecule has 0 amide bonds. The van der Waals surface area contributed by atoms with Crippen LogP contribution in [-0.2, 0) is 10.0 Å². The van der Waals surface area contributed by atoms with Gasteiger partial charge in [0, 0.05) is 25.2 Å². The molecule has 6 nitrogen and oxygen atoms in total. The van der Waals surface area contributed by atoms with E-state index in [1.165, 1.54) is 30.7 Å². The topological polar surface area (TPSA) is 81.9 Å². The van der Waals surface area contributed by atoms with Crippen LogP contribution < -0.4 is 15.2 Å². The first-order valence-electron chi connectivity index (χ1n) is 6.52. The van der Waals surface area contributed by atoms with Crippen LogP contribution in [0.3, 0.4) is 0 Å². The molecule has 2 rings (SSSR count). The summed E-state index contributed by atoms with van der Waals surface area (Å²) in [4.78, 5) is 0.0806. The lowest BCUT2D eigenvalue weighted by Crippen LogP contribution is -2.36. The average molecular weight is 300 g/mol. The zero-order valence-electron chi connectivity index (χ0n) is 11.8. The second-order valence-electron chi connectivity index (χ2n) is 4.71. The van der Waals surface area contributed by atoms with Gasteiger partial charge in [0.15, 0.2) is 11.5 Å². The van der Waals surface area contributed by atoms with Crippen LogP contribution in [0.5, 0.6) is 11.5 Å². The van der Waals surface area contributed by atoms with E-state index in [-0.39, 0.29) is 10.6 Å². The molecule has 1 aromatic rings. The SMILES string of the molecule is COc1cc(N)c(S(=O)(=O)N2CCCCC2)cc1OC. The van der Waals surface area contributed by atoms with E-state index in [1.54, 1.807) is 0 Å². The molecule has 1 aliphatic heterocycles. The van der Waals surface area contributed by atoms with Crippen molar-refractivity contribution in [3.8, 4) is 11.5 Å². The monoisotopic (exact) mass is 300 g/mol. The van der Waals surface area contributed by atoms with Crippen molar-refractivity contribution in [3.63, 3.8) is 0 Å². The maximum absolute atomic E-state index is 12.6. The molecule has 1 fully saturated rings. The van der Waals surface area contributed by atoms with E-state index in [9.17, 15) is 8.42 Å². The molecular weight excluding hydrogens is 280 g/mol. The highest BCUT2D eigenvalue weighted by Crippen LogP contribution is 2.35. The Kier molecular flexibility index (Phi) is 4.39. The number of nitrogens with two attached hydrogens (primary N) is 1. The molecule has 0 unspecified atom stereocenters. The van der Waals surface area contributed by atoms with Gasteiger partial charge in [-0.3, -0.25) is 0 Å². The number of piperidine rings is 1. The van der Waals surface area contributed by atoms with E-state index in [2.05, 4.69) is 0 Å². The Bertz CT molecular complexity index is 580. The zero-order chi connectivity index (χ0) is 14.8. The minimum Gasteiger partial charge on any atom is -0.493 e. The highest BCUT2D eigenvalue weighted by atomic mass is 32.2. The molecule has 2 N–H and O–H groups in total. The van der Waals surface area contributed by atoms with Crippen LogP contribution >= 0.6 is 0 Å². The number of methoxy groups -OCH3 is 2. The van der Waals surface area contributed by atoms with Gasteiger partial charge in [-0.1, -0.05) is 6.42 Å². The van der Waals surface area contributed by atoms with Crippen LogP contribution in [0.2, 0.25) is 0 Å². The molecule has 0 radical (unpaired) electrons. The molecule has 0 aromatic heterocycles. The molecule has 0 bridgehead atoms. The summed E-state index contributed by atoms with van der Waals surface area (Å²) in [6.07, 6.45) is 2.83. The second-order valence-corrected chi connectivity index (χ2v) is 6.62. The van der Waals surface area contributed by atoms with Gasteiger partial charge in [-0.05, 0) is 12.8 Å². The molecule has 0 saturated carbocycles. The first-order valence-corrected chi connectivity index (χ1v) is 7.96. The van der Waals surface area contributed by atoms with Crippen LogP contribution in [0, 0.1) is 0 Å². The number of rotatable bonds is 4. The van der Waals surface area contributed by atoms with E-state index >= 15 is 0 Å². The summed E-state index contributed by atoms with van der Waals surface area (Å²) in [6.45, 7) is 1.08. The van der Waals surface area contributed by atoms with Gasteiger partial charge in [-0.2, -0.15) is 4.31 Å². The van der Waals surface area contributed by atoms with E-state index in [4.69, 9.17) is 15.2 Å². The average Bonchev–Trinajstić information content (AvgIpc) is 2.47. The maximum atomic E-state index is 12.6. The Hall–Kier alpha value is -1.47. The number of benzene rings is 1. The summed E-state index contributed by atoms with van der Waals surface area (Å²) in [5, 5.41) is 0. The van der Waals surface area contributed by atoms with Gasteiger partial charge in [-0.15, -0.1) is 0 Å². The molecule has 20 heavy (non-hydrogen) atoms. The predicted molar refractivity (Wildman–Crippen MR) is 76.6 cm³/mol. The first kappa shape index (κ1) is 14.9. The minimum absolute atomic E-state index is 0.0806. The van der Waals surface area contributed by atoms with Crippen molar-refractivity contribution in [1.29, 1.82) is 0 Å². The van der Waals surface area contributed by atoms with Crippen LogP contribution in [0.4, 0.5) is 5.69 Å². The maximum Gasteiger partial charge on any atom is 0.245 e. The van der Waals surface area contributed by atoms with Crippen LogP contribution in [-0.4, -0.2) is 40.0 Å². The Morgan fingerprint density at radius 3 is 2.15 bits per heavy atom. The van der Waals surface area contributed by atoms with Gasteiger partial charge in [0.1, 0.15) is 4.90 Å². The van der Waals surface area contributed by atoms with Gasteiger partial charge in [0.2, 0.25) is 10.0 Å². The number of anilines is 1. The summed E-state index contributed by atoms with van der Waals surface area (Å²) in [6, 6.07) is 2.91. The summed E-state index contributed by atoms with van der Waals surface area (Å²) < 4.78 is 37.0. The van der Waals surface area contributed by atoms with Gasteiger partial charge < -0.3 is 15.2 Å². The second kappa shape index (κ2) is 5.88. The van der Waals surface area contributed by atoms with Gasteiger partial charge in [-0.25, -0.2) is 8.42 Å². The van der Waals surface area contributed by atoms with Gasteiger partial charge in [0.25, 0.3) is 0 Å². The van der Waals surface area contributed by atoms with Crippen LogP contribution in [0.25, 0.3) is 0 Å². The zero-order valence-corrected chi connectivity index (χ0v) is 12.6. The first-order chi connectivity index (χ1) is 9.50. The number of sulfonamides is 1. The smallest absolute Gasteiger partial charge is 0.245 e. The predicted octanol–water partition coefficient (Wildman–Crippen LogP) is 1.46. The van der Waals surface area contributed by atoms with Crippen molar-refractivity contribution >= 4 is 15.7 Å². The number of hydrogen-bond acceptors (Lipinski definition) is 5. The molecule has 1 aliphatic rings. The molecule has 1 aromatic carbocycles. The number of ether oxygens (including phenoxy) is 2. The fraction of sp³-hybridized carbons (Fsp3) is 0.538. The number of nitrogens with zero attached hydrogens (tertiary/aromatic N) is 1. The normalized spacial score (nSPS) is 16.9. The van der Waals surface area contributed by atoms with Gasteiger partial charge >= 0.3 is 0 Å². The molecule has 0 atom stereocenters. The van der Waals surface area contributed by atoms with E-state index < -0.39 is 10.0 Å². The fourth-order valence-electron chi connectivity index (χ4n) is 2.34. The van der Waals surface area contributed by atoms with Crippen LogP contribution in [0.15, 0.2) is 17.0 Å². The molecular formula is C13H20N2O4S. The Morgan fingerprint density at radius 1 is 1.05 bits per heavy atom. The van der Waals surface area contributed by atoms with E-state index in [0.717, 1.165) is 19.3 Å². The fourth-order valence-corrected chi connectivity index (χ4v) is 3.97. The highest BCUT2D eigenvalue weighted by Gasteiger charge is 2.29. The summed E-state index contributed by atoms with van der Waals surface area (Å²) >= 11 is 0. The molecule has 1 heterocycles. The van der Waals surface area contributed by atoms with Crippen molar-refractivity contribution in [2.24, 2.45) is 0 Å².